The van der Waals surface area contributed by atoms with E-state index in [9.17, 15) is 9.18 Å². The molecule has 0 radical (unpaired) electrons. The molecule has 0 unspecified atom stereocenters. The predicted octanol–water partition coefficient (Wildman–Crippen LogP) is 4.33. The van der Waals surface area contributed by atoms with E-state index in [1.165, 1.54) is 17.4 Å². The maximum atomic E-state index is 13.9. The minimum Gasteiger partial charge on any atom is -0.337 e. The van der Waals surface area contributed by atoms with Crippen molar-refractivity contribution >= 4 is 38.9 Å². The van der Waals surface area contributed by atoms with E-state index in [1.54, 1.807) is 23.2 Å². The van der Waals surface area contributed by atoms with Crippen LogP contribution in [0.4, 0.5) is 4.39 Å². The first-order valence-corrected chi connectivity index (χ1v) is 8.40. The average Bonchev–Trinajstić information content (AvgIpc) is 2.85. The third-order valence-electron chi connectivity index (χ3n) is 4.13. The topological polar surface area (TPSA) is 33.2 Å². The highest BCUT2D eigenvalue weighted by atomic mass is 35.5. The molecule has 3 aromatic rings. The lowest BCUT2D eigenvalue weighted by molar-refractivity contribution is 0.0607. The fourth-order valence-corrected chi connectivity index (χ4v) is 4.35. The number of thiophene rings is 1. The van der Waals surface area contributed by atoms with Crippen LogP contribution in [0.1, 0.15) is 21.2 Å². The largest absolute Gasteiger partial charge is 0.337 e. The summed E-state index contributed by atoms with van der Waals surface area (Å²) in [4.78, 5) is 18.9. The fourth-order valence-electron chi connectivity index (χ4n) is 2.82. The van der Waals surface area contributed by atoms with Crippen LogP contribution in [0.15, 0.2) is 42.7 Å². The van der Waals surface area contributed by atoms with Gasteiger partial charge in [0.2, 0.25) is 0 Å². The number of hydrogen-bond donors (Lipinski definition) is 0. The Bertz CT molecular complexity index is 890. The second-order valence-electron chi connectivity index (χ2n) is 5.55. The maximum Gasteiger partial charge on any atom is 0.265 e. The number of rotatable bonds is 2. The number of likely N-dealkylation sites (tertiary alicyclic amines) is 1. The molecule has 0 aliphatic carbocycles. The van der Waals surface area contributed by atoms with Crippen LogP contribution in [0.5, 0.6) is 0 Å². The first kappa shape index (κ1) is 14.6. The maximum absolute atomic E-state index is 13.9. The van der Waals surface area contributed by atoms with Crippen LogP contribution in [0.3, 0.4) is 0 Å². The Morgan fingerprint density at radius 3 is 2.83 bits per heavy atom. The Morgan fingerprint density at radius 2 is 2.13 bits per heavy atom. The lowest BCUT2D eigenvalue weighted by Gasteiger charge is -2.39. The van der Waals surface area contributed by atoms with E-state index in [0.29, 0.717) is 34.0 Å². The molecule has 1 saturated heterocycles. The van der Waals surface area contributed by atoms with Gasteiger partial charge in [-0.25, -0.2) is 4.39 Å². The molecule has 0 atom stereocenters. The van der Waals surface area contributed by atoms with Gasteiger partial charge in [0, 0.05) is 41.5 Å². The Balaban J connectivity index is 1.57. The predicted molar refractivity (Wildman–Crippen MR) is 89.7 cm³/mol. The van der Waals surface area contributed by atoms with Gasteiger partial charge in [-0.1, -0.05) is 23.7 Å². The number of fused-ring (bicyclic) bond motifs is 1. The Kier molecular flexibility index (Phi) is 3.54. The monoisotopic (exact) mass is 346 g/mol. The second kappa shape index (κ2) is 5.58. The Hall–Kier alpha value is -1.98. The van der Waals surface area contributed by atoms with Crippen LogP contribution in [0.2, 0.25) is 5.02 Å². The molecule has 1 amide bonds. The molecule has 0 spiro atoms. The summed E-state index contributed by atoms with van der Waals surface area (Å²) >= 11 is 7.49. The van der Waals surface area contributed by atoms with Gasteiger partial charge in [-0.3, -0.25) is 9.78 Å². The zero-order valence-corrected chi connectivity index (χ0v) is 13.6. The number of nitrogens with zero attached hydrogens (tertiary/aromatic N) is 2. The number of benzene rings is 1. The fraction of sp³-hybridized carbons (Fsp3) is 0.176. The number of amides is 1. The normalized spacial score (nSPS) is 15.0. The summed E-state index contributed by atoms with van der Waals surface area (Å²) in [5.74, 6) is -0.215. The highest BCUT2D eigenvalue weighted by Gasteiger charge is 2.34. The molecule has 116 valence electrons. The average molecular weight is 347 g/mol. The van der Waals surface area contributed by atoms with Gasteiger partial charge >= 0.3 is 0 Å². The zero-order chi connectivity index (χ0) is 16.0. The van der Waals surface area contributed by atoms with E-state index < -0.39 is 0 Å². The summed E-state index contributed by atoms with van der Waals surface area (Å²) in [7, 11) is 0. The molecule has 1 aliphatic rings. The van der Waals surface area contributed by atoms with Gasteiger partial charge in [0.25, 0.3) is 5.91 Å². The van der Waals surface area contributed by atoms with Gasteiger partial charge in [0.15, 0.2) is 0 Å². The van der Waals surface area contributed by atoms with E-state index in [1.807, 2.05) is 18.3 Å². The van der Waals surface area contributed by atoms with Gasteiger partial charge in [-0.2, -0.15) is 0 Å². The third kappa shape index (κ3) is 2.40. The van der Waals surface area contributed by atoms with Gasteiger partial charge in [-0.15, -0.1) is 11.3 Å². The van der Waals surface area contributed by atoms with Crippen LogP contribution in [-0.4, -0.2) is 28.9 Å². The molecule has 1 aliphatic heterocycles. The van der Waals surface area contributed by atoms with Crippen molar-refractivity contribution in [3.63, 3.8) is 0 Å². The van der Waals surface area contributed by atoms with Gasteiger partial charge in [0.1, 0.15) is 10.7 Å². The van der Waals surface area contributed by atoms with Crippen LogP contribution in [-0.2, 0) is 0 Å². The highest BCUT2D eigenvalue weighted by molar-refractivity contribution is 7.21. The molecule has 3 nitrogen and oxygen atoms in total. The lowest BCUT2D eigenvalue weighted by atomic mass is 9.92. The molecule has 0 N–H and O–H groups in total. The summed E-state index contributed by atoms with van der Waals surface area (Å²) in [6.07, 6.45) is 3.56. The molecule has 1 fully saturated rings. The van der Waals surface area contributed by atoms with Gasteiger partial charge < -0.3 is 4.90 Å². The first-order valence-electron chi connectivity index (χ1n) is 7.21. The number of hydrogen-bond acceptors (Lipinski definition) is 3. The summed E-state index contributed by atoms with van der Waals surface area (Å²) in [5, 5.41) is 0.560. The van der Waals surface area contributed by atoms with Crippen LogP contribution in [0.25, 0.3) is 10.1 Å². The van der Waals surface area contributed by atoms with Crippen LogP contribution < -0.4 is 0 Å². The molecule has 3 heterocycles. The summed E-state index contributed by atoms with van der Waals surface area (Å²) in [6.45, 7) is 1.27. The molecular weight excluding hydrogens is 335 g/mol. The molecule has 0 bridgehead atoms. The minimum atomic E-state index is -0.389. The number of pyridine rings is 1. The van der Waals surface area contributed by atoms with Crippen molar-refractivity contribution in [2.75, 3.05) is 13.1 Å². The first-order chi connectivity index (χ1) is 11.1. The molecule has 0 saturated carbocycles. The standard InChI is InChI=1S/C17H12ClFN2OS/c18-15-14-12(19)4-1-5-13(14)23-16(15)17(22)21-8-11(9-21)10-3-2-6-20-7-10/h1-7,11H,8-9H2. The van der Waals surface area contributed by atoms with Crippen LogP contribution in [0, 0.1) is 5.82 Å². The van der Waals surface area contributed by atoms with Gasteiger partial charge in [-0.05, 0) is 23.8 Å². The third-order valence-corrected chi connectivity index (χ3v) is 5.76. The number of carbonyl (C=O) groups is 1. The lowest BCUT2D eigenvalue weighted by Crippen LogP contribution is -2.48. The van der Waals surface area contributed by atoms with Crippen molar-refractivity contribution in [3.05, 3.63) is 64.0 Å². The van der Waals surface area contributed by atoms with E-state index in [0.717, 1.165) is 5.56 Å². The van der Waals surface area contributed by atoms with Crippen molar-refractivity contribution in [3.8, 4) is 0 Å². The molecule has 6 heteroatoms. The SMILES string of the molecule is O=C(c1sc2cccc(F)c2c1Cl)N1CC(c2cccnc2)C1. The molecule has 4 rings (SSSR count). The molecule has 2 aromatic heterocycles. The minimum absolute atomic E-state index is 0.129. The second-order valence-corrected chi connectivity index (χ2v) is 6.98. The summed E-state index contributed by atoms with van der Waals surface area (Å²) in [6, 6.07) is 8.67. The smallest absolute Gasteiger partial charge is 0.265 e. The Morgan fingerprint density at radius 1 is 1.30 bits per heavy atom. The van der Waals surface area contributed by atoms with E-state index in [4.69, 9.17) is 11.6 Å². The van der Waals surface area contributed by atoms with E-state index >= 15 is 0 Å². The van der Waals surface area contributed by atoms with Crippen LogP contribution >= 0.6 is 22.9 Å². The summed E-state index contributed by atoms with van der Waals surface area (Å²) in [5.41, 5.74) is 1.13. The highest BCUT2D eigenvalue weighted by Crippen LogP contribution is 2.39. The Labute approximate surface area is 141 Å². The van der Waals surface area contributed by atoms with E-state index in [2.05, 4.69) is 4.98 Å². The number of carbonyl (C=O) groups excluding carboxylic acids is 1. The molecule has 1 aromatic carbocycles. The zero-order valence-electron chi connectivity index (χ0n) is 12.0. The van der Waals surface area contributed by atoms with Crippen molar-refractivity contribution in [2.45, 2.75) is 5.92 Å². The molecule has 23 heavy (non-hydrogen) atoms. The van der Waals surface area contributed by atoms with Crippen molar-refractivity contribution < 1.29 is 9.18 Å². The van der Waals surface area contributed by atoms with E-state index in [-0.39, 0.29) is 16.7 Å². The summed E-state index contributed by atoms with van der Waals surface area (Å²) < 4.78 is 14.6. The van der Waals surface area contributed by atoms with Crippen molar-refractivity contribution in [1.29, 1.82) is 0 Å². The molecular formula is C17H12ClFN2OS. The quantitative estimate of drug-likeness (QED) is 0.692. The number of halogens is 2. The van der Waals surface area contributed by atoms with Gasteiger partial charge in [0.05, 0.1) is 5.02 Å². The number of aromatic nitrogens is 1. The van der Waals surface area contributed by atoms with Crippen molar-refractivity contribution in [2.24, 2.45) is 0 Å². The van der Waals surface area contributed by atoms with Crippen molar-refractivity contribution in [1.82, 2.24) is 9.88 Å².